The van der Waals surface area contributed by atoms with Crippen LogP contribution in [0.1, 0.15) is 23.2 Å². The summed E-state index contributed by atoms with van der Waals surface area (Å²) in [5.41, 5.74) is 0.0402. The molecule has 1 amide bonds. The number of pyridine rings is 1. The summed E-state index contributed by atoms with van der Waals surface area (Å²) in [6, 6.07) is 6.64. The highest BCUT2D eigenvalue weighted by molar-refractivity contribution is 5.94. The molecule has 1 saturated heterocycles. The lowest BCUT2D eigenvalue weighted by Gasteiger charge is -2.32. The van der Waals surface area contributed by atoms with Crippen molar-refractivity contribution in [2.45, 2.75) is 18.9 Å². The number of amides is 1. The van der Waals surface area contributed by atoms with E-state index in [4.69, 9.17) is 4.74 Å². The molecule has 1 aromatic heterocycles. The van der Waals surface area contributed by atoms with Crippen LogP contribution < -0.4 is 10.1 Å². The Morgan fingerprint density at radius 1 is 1.20 bits per heavy atom. The van der Waals surface area contributed by atoms with E-state index in [9.17, 15) is 13.6 Å². The van der Waals surface area contributed by atoms with Gasteiger partial charge in [0.2, 0.25) is 0 Å². The van der Waals surface area contributed by atoms with E-state index in [-0.39, 0.29) is 17.5 Å². The van der Waals surface area contributed by atoms with Gasteiger partial charge in [0.1, 0.15) is 23.2 Å². The van der Waals surface area contributed by atoms with E-state index in [1.165, 1.54) is 0 Å². The molecular formula is C18H19F2N3O2. The van der Waals surface area contributed by atoms with Crippen molar-refractivity contribution in [1.82, 2.24) is 9.88 Å². The minimum absolute atomic E-state index is 0.0402. The molecule has 0 bridgehead atoms. The fourth-order valence-electron chi connectivity index (χ4n) is 2.91. The Morgan fingerprint density at radius 3 is 2.52 bits per heavy atom. The lowest BCUT2D eigenvalue weighted by atomic mass is 10.0. The third kappa shape index (κ3) is 4.23. The number of carbonyl (C=O) groups is 1. The Morgan fingerprint density at radius 2 is 1.88 bits per heavy atom. The first-order chi connectivity index (χ1) is 12.0. The van der Waals surface area contributed by atoms with Crippen molar-refractivity contribution in [2.75, 3.05) is 25.5 Å². The Kier molecular flexibility index (Phi) is 5.11. The first kappa shape index (κ1) is 17.1. The van der Waals surface area contributed by atoms with E-state index < -0.39 is 11.6 Å². The molecule has 1 N–H and O–H groups in total. The van der Waals surface area contributed by atoms with Gasteiger partial charge in [-0.05, 0) is 31.0 Å². The normalized spacial score (nSPS) is 15.1. The molecule has 0 spiro atoms. The molecule has 25 heavy (non-hydrogen) atoms. The average molecular weight is 347 g/mol. The molecule has 1 aliphatic heterocycles. The van der Waals surface area contributed by atoms with Gasteiger partial charge in [0.25, 0.3) is 5.91 Å². The maximum atomic E-state index is 13.3. The van der Waals surface area contributed by atoms with Crippen molar-refractivity contribution < 1.29 is 18.3 Å². The highest BCUT2D eigenvalue weighted by Gasteiger charge is 2.24. The van der Waals surface area contributed by atoms with Crippen LogP contribution in [0.3, 0.4) is 0 Å². The summed E-state index contributed by atoms with van der Waals surface area (Å²) >= 11 is 0. The van der Waals surface area contributed by atoms with Gasteiger partial charge >= 0.3 is 0 Å². The van der Waals surface area contributed by atoms with E-state index in [1.807, 2.05) is 6.07 Å². The zero-order chi connectivity index (χ0) is 17.8. The third-order valence-electron chi connectivity index (χ3n) is 4.21. The molecule has 0 unspecified atom stereocenters. The zero-order valence-electron chi connectivity index (χ0n) is 13.8. The summed E-state index contributed by atoms with van der Waals surface area (Å²) in [5.74, 6) is -0.404. The van der Waals surface area contributed by atoms with Crippen molar-refractivity contribution >= 4 is 11.7 Å². The van der Waals surface area contributed by atoms with Gasteiger partial charge in [-0.2, -0.15) is 0 Å². The smallest absolute Gasteiger partial charge is 0.254 e. The van der Waals surface area contributed by atoms with Gasteiger partial charge in [-0.25, -0.2) is 13.8 Å². The second-order valence-corrected chi connectivity index (χ2v) is 5.95. The predicted octanol–water partition coefficient (Wildman–Crippen LogP) is 3.09. The number of aromatic nitrogens is 1. The number of anilines is 1. The van der Waals surface area contributed by atoms with Crippen LogP contribution in [-0.4, -0.2) is 42.0 Å². The average Bonchev–Trinajstić information content (AvgIpc) is 2.61. The van der Waals surface area contributed by atoms with E-state index in [2.05, 4.69) is 10.3 Å². The Bertz CT molecular complexity index is 741. The molecule has 5 nitrogen and oxygen atoms in total. The molecule has 3 rings (SSSR count). The van der Waals surface area contributed by atoms with E-state index >= 15 is 0 Å². The van der Waals surface area contributed by atoms with E-state index in [1.54, 1.807) is 24.3 Å². The van der Waals surface area contributed by atoms with E-state index in [0.29, 0.717) is 13.1 Å². The zero-order valence-corrected chi connectivity index (χ0v) is 13.8. The number of benzene rings is 1. The molecule has 7 heteroatoms. The van der Waals surface area contributed by atoms with Crippen molar-refractivity contribution in [1.29, 1.82) is 0 Å². The van der Waals surface area contributed by atoms with Gasteiger partial charge in [0.15, 0.2) is 0 Å². The highest BCUT2D eigenvalue weighted by Crippen LogP contribution is 2.20. The van der Waals surface area contributed by atoms with Crippen LogP contribution in [0.5, 0.6) is 5.75 Å². The molecule has 2 heterocycles. The van der Waals surface area contributed by atoms with Gasteiger partial charge in [-0.3, -0.25) is 4.79 Å². The summed E-state index contributed by atoms with van der Waals surface area (Å²) in [6.07, 6.45) is 3.11. The summed E-state index contributed by atoms with van der Waals surface area (Å²) in [6.45, 7) is 1.03. The monoisotopic (exact) mass is 347 g/mol. The molecule has 0 radical (unpaired) electrons. The van der Waals surface area contributed by atoms with Crippen molar-refractivity contribution in [3.05, 3.63) is 53.7 Å². The van der Waals surface area contributed by atoms with Crippen LogP contribution in [0.4, 0.5) is 14.6 Å². The van der Waals surface area contributed by atoms with Gasteiger partial charge in [-0.15, -0.1) is 0 Å². The molecule has 0 aliphatic carbocycles. The number of likely N-dealkylation sites (tertiary alicyclic amines) is 1. The number of hydrogen-bond acceptors (Lipinski definition) is 4. The number of rotatable bonds is 4. The van der Waals surface area contributed by atoms with Gasteiger partial charge in [-0.1, -0.05) is 0 Å². The molecule has 132 valence electrons. The summed E-state index contributed by atoms with van der Waals surface area (Å²) in [7, 11) is 1.60. The minimum atomic E-state index is -0.746. The molecule has 0 atom stereocenters. The third-order valence-corrected chi connectivity index (χ3v) is 4.21. The first-order valence-corrected chi connectivity index (χ1v) is 8.07. The summed E-state index contributed by atoms with van der Waals surface area (Å²) in [4.78, 5) is 18.3. The summed E-state index contributed by atoms with van der Waals surface area (Å²) < 4.78 is 31.7. The van der Waals surface area contributed by atoms with Gasteiger partial charge < -0.3 is 15.0 Å². The van der Waals surface area contributed by atoms with Crippen LogP contribution in [0.15, 0.2) is 36.5 Å². The van der Waals surface area contributed by atoms with Crippen molar-refractivity contribution in [3.8, 4) is 5.75 Å². The maximum Gasteiger partial charge on any atom is 0.254 e. The standard InChI is InChI=1S/C18H19F2N3O2/c1-25-16-2-5-21-17(11-16)22-15-3-6-23(7-4-15)18(24)12-8-13(19)10-14(20)9-12/h2,5,8-11,15H,3-4,6-7H2,1H3,(H,21,22). The Labute approximate surface area is 144 Å². The SMILES string of the molecule is COc1ccnc(NC2CCN(C(=O)c3cc(F)cc(F)c3)CC2)c1. The number of halogens is 2. The Balaban J connectivity index is 1.58. The predicted molar refractivity (Wildman–Crippen MR) is 89.7 cm³/mol. The molecule has 1 fully saturated rings. The number of nitrogens with one attached hydrogen (secondary N) is 1. The topological polar surface area (TPSA) is 54.5 Å². The summed E-state index contributed by atoms with van der Waals surface area (Å²) in [5, 5.41) is 3.32. The number of carbonyl (C=O) groups excluding carboxylic acids is 1. The van der Waals surface area contributed by atoms with E-state index in [0.717, 1.165) is 42.6 Å². The lowest BCUT2D eigenvalue weighted by molar-refractivity contribution is 0.0717. The maximum absolute atomic E-state index is 13.3. The van der Waals surface area contributed by atoms with Crippen LogP contribution in [0, 0.1) is 11.6 Å². The molecule has 1 aromatic carbocycles. The number of methoxy groups -OCH3 is 1. The van der Waals surface area contributed by atoms with Gasteiger partial charge in [0, 0.05) is 43.0 Å². The molecule has 2 aromatic rings. The number of piperidine rings is 1. The highest BCUT2D eigenvalue weighted by atomic mass is 19.1. The number of ether oxygens (including phenoxy) is 1. The first-order valence-electron chi connectivity index (χ1n) is 8.07. The van der Waals surface area contributed by atoms with Crippen molar-refractivity contribution in [2.24, 2.45) is 0 Å². The fraction of sp³-hybridized carbons (Fsp3) is 0.333. The number of hydrogen-bond donors (Lipinski definition) is 1. The lowest BCUT2D eigenvalue weighted by Crippen LogP contribution is -2.42. The second kappa shape index (κ2) is 7.46. The largest absolute Gasteiger partial charge is 0.497 e. The second-order valence-electron chi connectivity index (χ2n) is 5.95. The minimum Gasteiger partial charge on any atom is -0.497 e. The molecule has 0 saturated carbocycles. The fourth-order valence-corrected chi connectivity index (χ4v) is 2.91. The quantitative estimate of drug-likeness (QED) is 0.923. The van der Waals surface area contributed by atoms with Crippen LogP contribution >= 0.6 is 0 Å². The van der Waals surface area contributed by atoms with Crippen LogP contribution in [0.25, 0.3) is 0 Å². The Hall–Kier alpha value is -2.70. The molecular weight excluding hydrogens is 328 g/mol. The van der Waals surface area contributed by atoms with Crippen LogP contribution in [0.2, 0.25) is 0 Å². The van der Waals surface area contributed by atoms with Crippen molar-refractivity contribution in [3.63, 3.8) is 0 Å². The molecule has 1 aliphatic rings. The number of nitrogens with zero attached hydrogens (tertiary/aromatic N) is 2. The van der Waals surface area contributed by atoms with Gasteiger partial charge in [0.05, 0.1) is 7.11 Å². The van der Waals surface area contributed by atoms with Crippen LogP contribution in [-0.2, 0) is 0 Å².